The van der Waals surface area contributed by atoms with Gasteiger partial charge < -0.3 is 9.47 Å². The van der Waals surface area contributed by atoms with Crippen molar-refractivity contribution >= 4 is 11.6 Å². The van der Waals surface area contributed by atoms with Crippen molar-refractivity contribution in [2.24, 2.45) is 7.05 Å². The molecule has 0 spiro atoms. The predicted octanol–water partition coefficient (Wildman–Crippen LogP) is 5.80. The van der Waals surface area contributed by atoms with Crippen LogP contribution in [0.5, 0.6) is 23.4 Å². The quantitative estimate of drug-likeness (QED) is 0.294. The number of alkyl halides is 3. The lowest BCUT2D eigenvalue weighted by atomic mass is 10.3. The smallest absolute Gasteiger partial charge is 0.435 e. The second-order valence-electron chi connectivity index (χ2n) is 5.81. The van der Waals surface area contributed by atoms with Gasteiger partial charge in [-0.15, -0.1) is 0 Å². The number of halogens is 7. The molecule has 0 N–H and O–H groups in total. The van der Waals surface area contributed by atoms with Gasteiger partial charge in [-0.25, -0.2) is 13.5 Å². The summed E-state index contributed by atoms with van der Waals surface area (Å²) in [6, 6.07) is 4.06. The fraction of sp³-hybridized carbons (Fsp3) is 0.176. The molecule has 0 aliphatic carbocycles. The molecule has 0 aliphatic heterocycles. The van der Waals surface area contributed by atoms with Crippen LogP contribution in [0.1, 0.15) is 11.3 Å². The van der Waals surface area contributed by atoms with E-state index in [4.69, 9.17) is 21.1 Å². The van der Waals surface area contributed by atoms with Crippen LogP contribution in [0.4, 0.5) is 26.3 Å². The van der Waals surface area contributed by atoms with Crippen LogP contribution in [0.25, 0.3) is 0 Å². The maximum Gasteiger partial charge on any atom is 0.435 e. The summed E-state index contributed by atoms with van der Waals surface area (Å²) in [6.07, 6.45) is -4.67. The highest BCUT2D eigenvalue weighted by atomic mass is 35.5. The first-order chi connectivity index (χ1) is 13.5. The zero-order valence-corrected chi connectivity index (χ0v) is 15.4. The third kappa shape index (κ3) is 4.39. The first-order valence-electron chi connectivity index (χ1n) is 7.74. The minimum absolute atomic E-state index is 0.203. The second-order valence-corrected chi connectivity index (χ2v) is 6.22. The van der Waals surface area contributed by atoms with E-state index < -0.39 is 40.1 Å². The largest absolute Gasteiger partial charge is 0.436 e. The number of hydrogen-bond donors (Lipinski definition) is 0. The van der Waals surface area contributed by atoms with E-state index in [9.17, 15) is 26.3 Å². The number of nitrogens with zero attached hydrogens (tertiary/aromatic N) is 3. The van der Waals surface area contributed by atoms with Crippen LogP contribution in [0, 0.1) is 24.4 Å². The molecule has 0 fully saturated rings. The summed E-state index contributed by atoms with van der Waals surface area (Å²) in [5.41, 5.74) is -0.699. The van der Waals surface area contributed by atoms with Crippen LogP contribution in [-0.4, -0.2) is 14.8 Å². The molecule has 0 unspecified atom stereocenters. The lowest BCUT2D eigenvalue weighted by Gasteiger charge is -2.11. The van der Waals surface area contributed by atoms with Crippen molar-refractivity contribution in [3.05, 3.63) is 58.0 Å². The third-order valence-corrected chi connectivity index (χ3v) is 3.82. The highest BCUT2D eigenvalue weighted by Crippen LogP contribution is 2.34. The molecule has 3 rings (SSSR count). The van der Waals surface area contributed by atoms with E-state index in [2.05, 4.69) is 10.1 Å². The molecular weight excluding hydrogens is 428 g/mol. The summed E-state index contributed by atoms with van der Waals surface area (Å²) in [7, 11) is 1.23. The standard InChI is InChI=1S/C17H10ClF6N3O2/c1-7-3-11(28-9-5-8(18)14(19)16(21)15(9)20)25-12(4-7)29-13-6-10(17(22,23)24)26-27(13)2/h3-6H,1-2H3. The monoisotopic (exact) mass is 437 g/mol. The molecule has 0 aliphatic rings. The van der Waals surface area contributed by atoms with Gasteiger partial charge in [-0.05, 0) is 12.5 Å². The molecule has 0 radical (unpaired) electrons. The van der Waals surface area contributed by atoms with Crippen LogP contribution in [-0.2, 0) is 13.2 Å². The maximum atomic E-state index is 13.9. The lowest BCUT2D eigenvalue weighted by molar-refractivity contribution is -0.141. The summed E-state index contributed by atoms with van der Waals surface area (Å²) in [6.45, 7) is 1.57. The molecule has 5 nitrogen and oxygen atoms in total. The number of rotatable bonds is 4. The molecule has 2 aromatic heterocycles. The minimum atomic E-state index is -4.67. The summed E-state index contributed by atoms with van der Waals surface area (Å²) < 4.78 is 90.1. The molecule has 0 atom stereocenters. The highest BCUT2D eigenvalue weighted by molar-refractivity contribution is 6.30. The van der Waals surface area contributed by atoms with Crippen molar-refractivity contribution in [1.29, 1.82) is 0 Å². The summed E-state index contributed by atoms with van der Waals surface area (Å²) in [5.74, 6) is -6.54. The van der Waals surface area contributed by atoms with Crippen molar-refractivity contribution in [1.82, 2.24) is 14.8 Å². The average Bonchev–Trinajstić information content (AvgIpc) is 2.98. The molecule has 29 heavy (non-hydrogen) atoms. The Kier molecular flexibility index (Phi) is 5.35. The number of aromatic nitrogens is 3. The lowest BCUT2D eigenvalue weighted by Crippen LogP contribution is -2.06. The molecule has 0 bridgehead atoms. The van der Waals surface area contributed by atoms with E-state index >= 15 is 0 Å². The van der Waals surface area contributed by atoms with E-state index in [0.717, 1.165) is 10.7 Å². The normalized spacial score (nSPS) is 11.6. The molecule has 2 heterocycles. The first kappa shape index (κ1) is 20.8. The van der Waals surface area contributed by atoms with Crippen LogP contribution in [0.3, 0.4) is 0 Å². The van der Waals surface area contributed by atoms with Crippen molar-refractivity contribution in [3.63, 3.8) is 0 Å². The van der Waals surface area contributed by atoms with E-state index in [0.29, 0.717) is 11.6 Å². The van der Waals surface area contributed by atoms with Crippen LogP contribution >= 0.6 is 11.6 Å². The Balaban J connectivity index is 1.91. The molecule has 12 heteroatoms. The van der Waals surface area contributed by atoms with Gasteiger partial charge in [0.05, 0.1) is 5.02 Å². The van der Waals surface area contributed by atoms with Crippen molar-refractivity contribution in [2.45, 2.75) is 13.1 Å². The highest BCUT2D eigenvalue weighted by Gasteiger charge is 2.35. The second kappa shape index (κ2) is 7.47. The van der Waals surface area contributed by atoms with E-state index in [-0.39, 0.29) is 17.6 Å². The van der Waals surface area contributed by atoms with Crippen molar-refractivity contribution in [2.75, 3.05) is 0 Å². The van der Waals surface area contributed by atoms with Crippen molar-refractivity contribution in [3.8, 4) is 23.4 Å². The van der Waals surface area contributed by atoms with Gasteiger partial charge in [0.25, 0.3) is 0 Å². The Morgan fingerprint density at radius 2 is 1.55 bits per heavy atom. The number of pyridine rings is 1. The Labute approximate surface area is 164 Å². The van der Waals surface area contributed by atoms with E-state index in [1.54, 1.807) is 6.92 Å². The Bertz CT molecular complexity index is 1080. The SMILES string of the molecule is Cc1cc(Oc2cc(Cl)c(F)c(F)c2F)nc(Oc2cc(C(F)(F)F)nn2C)c1. The number of hydrogen-bond acceptors (Lipinski definition) is 4. The van der Waals surface area contributed by atoms with E-state index in [1.807, 2.05) is 0 Å². The number of benzene rings is 1. The van der Waals surface area contributed by atoms with Gasteiger partial charge in [-0.3, -0.25) is 0 Å². The number of aryl methyl sites for hydroxylation is 2. The first-order valence-corrected chi connectivity index (χ1v) is 8.12. The van der Waals surface area contributed by atoms with Gasteiger partial charge in [0.15, 0.2) is 23.1 Å². The minimum Gasteiger partial charge on any atom is -0.436 e. The van der Waals surface area contributed by atoms with Gasteiger partial charge in [0, 0.05) is 31.3 Å². The molecular formula is C17H10ClF6N3O2. The van der Waals surface area contributed by atoms with Gasteiger partial charge in [0.1, 0.15) is 0 Å². The Hall–Kier alpha value is -2.95. The Morgan fingerprint density at radius 1 is 0.931 bits per heavy atom. The molecule has 0 saturated carbocycles. The van der Waals surface area contributed by atoms with Gasteiger partial charge in [-0.1, -0.05) is 11.6 Å². The fourth-order valence-electron chi connectivity index (χ4n) is 2.24. The van der Waals surface area contributed by atoms with Gasteiger partial charge in [-0.2, -0.15) is 27.6 Å². The average molecular weight is 438 g/mol. The molecule has 154 valence electrons. The zero-order valence-electron chi connectivity index (χ0n) is 14.6. The summed E-state index contributed by atoms with van der Waals surface area (Å²) in [4.78, 5) is 3.87. The zero-order chi connectivity index (χ0) is 21.5. The summed E-state index contributed by atoms with van der Waals surface area (Å²) in [5, 5.41) is 2.59. The van der Waals surface area contributed by atoms with Gasteiger partial charge >= 0.3 is 6.18 Å². The van der Waals surface area contributed by atoms with Crippen LogP contribution in [0.15, 0.2) is 24.3 Å². The molecule has 3 aromatic rings. The van der Waals surface area contributed by atoms with Crippen molar-refractivity contribution < 1.29 is 35.8 Å². The number of ether oxygens (including phenoxy) is 2. The molecule has 0 saturated heterocycles. The fourth-order valence-corrected chi connectivity index (χ4v) is 2.42. The molecule has 0 amide bonds. The topological polar surface area (TPSA) is 49.2 Å². The van der Waals surface area contributed by atoms with Gasteiger partial charge in [0.2, 0.25) is 23.5 Å². The molecule has 1 aromatic carbocycles. The Morgan fingerprint density at radius 3 is 2.14 bits per heavy atom. The van der Waals surface area contributed by atoms with Crippen LogP contribution < -0.4 is 9.47 Å². The maximum absolute atomic E-state index is 13.9. The van der Waals surface area contributed by atoms with E-state index in [1.165, 1.54) is 19.2 Å². The summed E-state index contributed by atoms with van der Waals surface area (Å²) >= 11 is 5.48. The van der Waals surface area contributed by atoms with Crippen LogP contribution in [0.2, 0.25) is 5.02 Å². The predicted molar refractivity (Wildman–Crippen MR) is 88.7 cm³/mol. The third-order valence-electron chi connectivity index (χ3n) is 3.54.